The zero-order chi connectivity index (χ0) is 22.8. The number of rotatable bonds is 5. The van der Waals surface area contributed by atoms with E-state index >= 15 is 0 Å². The Morgan fingerprint density at radius 2 is 1.97 bits per heavy atom. The lowest BCUT2D eigenvalue weighted by atomic mass is 9.75. The van der Waals surface area contributed by atoms with Crippen molar-refractivity contribution in [3.05, 3.63) is 35.4 Å². The third kappa shape index (κ3) is 3.17. The molecule has 5 nitrogen and oxygen atoms in total. The van der Waals surface area contributed by atoms with Gasteiger partial charge in [0.25, 0.3) is 0 Å². The number of alkyl halides is 3. The Labute approximate surface area is 180 Å². The van der Waals surface area contributed by atoms with E-state index in [0.717, 1.165) is 31.4 Å². The van der Waals surface area contributed by atoms with Gasteiger partial charge in [-0.15, -0.1) is 0 Å². The van der Waals surface area contributed by atoms with E-state index in [1.807, 2.05) is 6.92 Å². The highest BCUT2D eigenvalue weighted by Crippen LogP contribution is 2.66. The fourth-order valence-electron chi connectivity index (χ4n) is 5.95. The van der Waals surface area contributed by atoms with Crippen molar-refractivity contribution in [2.45, 2.75) is 77.3 Å². The molecule has 1 N–H and O–H groups in total. The summed E-state index contributed by atoms with van der Waals surface area (Å²) in [4.78, 5) is 12.7. The van der Waals surface area contributed by atoms with Crippen LogP contribution in [0.1, 0.15) is 70.6 Å². The molecule has 3 fully saturated rings. The molecule has 0 aromatic heterocycles. The van der Waals surface area contributed by atoms with Crippen LogP contribution < -0.4 is 0 Å². The monoisotopic (exact) mass is 438 g/mol. The summed E-state index contributed by atoms with van der Waals surface area (Å²) in [7, 11) is 0. The van der Waals surface area contributed by atoms with Crippen molar-refractivity contribution < 1.29 is 27.8 Å². The van der Waals surface area contributed by atoms with E-state index in [9.17, 15) is 23.1 Å². The minimum Gasteiger partial charge on any atom is -0.442 e. The van der Waals surface area contributed by atoms with E-state index in [2.05, 4.69) is 13.8 Å². The predicted molar refractivity (Wildman–Crippen MR) is 109 cm³/mol. The number of hydrogen-bond acceptors (Lipinski definition) is 4. The number of ether oxygens (including phenoxy) is 1. The van der Waals surface area contributed by atoms with Gasteiger partial charge >= 0.3 is 12.3 Å². The molecule has 4 rings (SSSR count). The van der Waals surface area contributed by atoms with Crippen LogP contribution in [0, 0.1) is 17.3 Å². The molecule has 1 amide bonds. The molecule has 1 aliphatic heterocycles. The number of hydrazone groups is 1. The first-order chi connectivity index (χ1) is 14.4. The zero-order valence-electron chi connectivity index (χ0n) is 18.2. The van der Waals surface area contributed by atoms with Crippen LogP contribution in [0.25, 0.3) is 0 Å². The van der Waals surface area contributed by atoms with Gasteiger partial charge < -0.3 is 9.84 Å². The summed E-state index contributed by atoms with van der Waals surface area (Å²) >= 11 is 0. The fraction of sp³-hybridized carbons (Fsp3) is 0.652. The number of halogens is 3. The summed E-state index contributed by atoms with van der Waals surface area (Å²) in [5.74, 6) is -0.00441. The highest BCUT2D eigenvalue weighted by atomic mass is 19.4. The largest absolute Gasteiger partial charge is 0.442 e. The van der Waals surface area contributed by atoms with Gasteiger partial charge in [0, 0.05) is 11.6 Å². The lowest BCUT2D eigenvalue weighted by molar-refractivity contribution is -0.137. The van der Waals surface area contributed by atoms with Crippen LogP contribution in [0.15, 0.2) is 29.4 Å². The minimum atomic E-state index is -4.43. The van der Waals surface area contributed by atoms with Crippen molar-refractivity contribution in [3.8, 4) is 0 Å². The number of amides is 1. The molecule has 170 valence electrons. The van der Waals surface area contributed by atoms with E-state index in [-0.39, 0.29) is 11.5 Å². The Hall–Kier alpha value is -2.09. The normalized spacial score (nSPS) is 31.5. The van der Waals surface area contributed by atoms with Gasteiger partial charge in [-0.3, -0.25) is 0 Å². The van der Waals surface area contributed by atoms with Gasteiger partial charge in [-0.05, 0) is 54.7 Å². The number of carbonyl (C=O) groups is 1. The first-order valence-electron chi connectivity index (χ1n) is 10.9. The number of fused-ring (bicyclic) bond motifs is 1. The number of benzene rings is 1. The second kappa shape index (κ2) is 7.22. The molecule has 2 saturated carbocycles. The Morgan fingerprint density at radius 3 is 2.52 bits per heavy atom. The van der Waals surface area contributed by atoms with Crippen LogP contribution in [-0.4, -0.2) is 33.6 Å². The second-order valence-corrected chi connectivity index (χ2v) is 9.60. The molecule has 3 aliphatic rings. The molecule has 3 unspecified atom stereocenters. The minimum absolute atomic E-state index is 0.124. The second-order valence-electron chi connectivity index (χ2n) is 9.60. The van der Waals surface area contributed by atoms with Gasteiger partial charge in [-0.2, -0.15) is 23.3 Å². The smallest absolute Gasteiger partial charge is 0.431 e. The Balaban J connectivity index is 1.61. The number of nitrogens with zero attached hydrogens (tertiary/aromatic N) is 2. The maximum Gasteiger partial charge on any atom is 0.431 e. The first-order valence-corrected chi connectivity index (χ1v) is 10.9. The average molecular weight is 438 g/mol. The number of carbonyl (C=O) groups excluding carboxylic acids is 1. The topological polar surface area (TPSA) is 62.1 Å². The van der Waals surface area contributed by atoms with Crippen molar-refractivity contribution >= 4 is 11.8 Å². The predicted octanol–water partition coefficient (Wildman–Crippen LogP) is 5.54. The molecule has 5 atom stereocenters. The summed E-state index contributed by atoms with van der Waals surface area (Å²) in [6.45, 7) is 8.00. The lowest BCUT2D eigenvalue weighted by Gasteiger charge is -2.40. The summed E-state index contributed by atoms with van der Waals surface area (Å²) < 4.78 is 44.2. The molecular formula is C23H29F3N2O3. The number of aliphatic hydroxyl groups is 1. The molecule has 2 bridgehead atoms. The van der Waals surface area contributed by atoms with E-state index < -0.39 is 35.4 Å². The maximum atomic E-state index is 12.8. The van der Waals surface area contributed by atoms with E-state index in [4.69, 9.17) is 9.84 Å². The van der Waals surface area contributed by atoms with Crippen molar-refractivity contribution in [1.82, 2.24) is 5.01 Å². The van der Waals surface area contributed by atoms with Crippen LogP contribution in [0.5, 0.6) is 0 Å². The molecule has 0 radical (unpaired) electrons. The molecule has 1 saturated heterocycles. The van der Waals surface area contributed by atoms with Gasteiger partial charge in [-0.25, -0.2) is 4.79 Å². The first kappa shape index (κ1) is 22.1. The number of aliphatic hydroxyl groups excluding tert-OH is 1. The van der Waals surface area contributed by atoms with Gasteiger partial charge in [-0.1, -0.05) is 39.8 Å². The van der Waals surface area contributed by atoms with Crippen LogP contribution >= 0.6 is 0 Å². The maximum absolute atomic E-state index is 12.8. The SMILES string of the molecule is CC/C(=N\N1C(=O)OC2CC3CCC21C3(C)C)[C@H](C)[C@@H](O)c1ccc(C(F)(F)F)cc1. The quantitative estimate of drug-likeness (QED) is 0.614. The number of hydrogen-bond donors (Lipinski definition) is 1. The molecule has 1 spiro atoms. The average Bonchev–Trinajstić information content (AvgIpc) is 3.23. The van der Waals surface area contributed by atoms with E-state index in [1.165, 1.54) is 17.1 Å². The van der Waals surface area contributed by atoms with E-state index in [0.29, 0.717) is 23.6 Å². The summed E-state index contributed by atoms with van der Waals surface area (Å²) in [5, 5.41) is 17.1. The summed E-state index contributed by atoms with van der Waals surface area (Å²) in [6, 6.07) is 4.51. The molecule has 8 heteroatoms. The Bertz CT molecular complexity index is 896. The third-order valence-electron chi connectivity index (χ3n) is 8.00. The molecule has 2 aliphatic carbocycles. The Morgan fingerprint density at radius 1 is 1.32 bits per heavy atom. The highest BCUT2D eigenvalue weighted by Gasteiger charge is 2.73. The van der Waals surface area contributed by atoms with Gasteiger partial charge in [0.2, 0.25) is 0 Å². The molecular weight excluding hydrogens is 409 g/mol. The van der Waals surface area contributed by atoms with Gasteiger partial charge in [0.15, 0.2) is 0 Å². The summed E-state index contributed by atoms with van der Waals surface area (Å²) in [5.41, 5.74) is -0.366. The molecule has 31 heavy (non-hydrogen) atoms. The highest BCUT2D eigenvalue weighted by molar-refractivity contribution is 5.88. The standard InChI is InChI=1S/C23H29F3N2O3/c1-5-17(13(2)19(29)14-6-8-15(9-7-14)23(24,25)26)27-28-20(30)31-18-12-16-10-11-22(18,28)21(16,3)4/h6-9,13,16,18-19,29H,5,10-12H2,1-4H3/b27-17+/t13-,16?,18?,19+,22?/m0/s1. The third-order valence-corrected chi connectivity index (χ3v) is 8.00. The van der Waals surface area contributed by atoms with Gasteiger partial charge in [0.05, 0.1) is 11.7 Å². The van der Waals surface area contributed by atoms with E-state index in [1.54, 1.807) is 6.92 Å². The van der Waals surface area contributed by atoms with Crippen LogP contribution in [-0.2, 0) is 10.9 Å². The van der Waals surface area contributed by atoms with Crippen molar-refractivity contribution in [1.29, 1.82) is 0 Å². The zero-order valence-corrected chi connectivity index (χ0v) is 18.2. The molecule has 1 aromatic carbocycles. The van der Waals surface area contributed by atoms with Crippen molar-refractivity contribution in [2.75, 3.05) is 0 Å². The van der Waals surface area contributed by atoms with Gasteiger partial charge in [0.1, 0.15) is 11.6 Å². The van der Waals surface area contributed by atoms with Crippen LogP contribution in [0.4, 0.5) is 18.0 Å². The summed E-state index contributed by atoms with van der Waals surface area (Å²) in [6.07, 6.45) is -2.91. The van der Waals surface area contributed by atoms with Crippen molar-refractivity contribution in [2.24, 2.45) is 22.4 Å². The lowest BCUT2D eigenvalue weighted by Crippen LogP contribution is -2.53. The van der Waals surface area contributed by atoms with Crippen LogP contribution in [0.2, 0.25) is 0 Å². The Kier molecular flexibility index (Phi) is 5.15. The fourth-order valence-corrected chi connectivity index (χ4v) is 5.95. The van der Waals surface area contributed by atoms with Crippen LogP contribution in [0.3, 0.4) is 0 Å². The molecule has 1 heterocycles. The molecule has 1 aromatic rings. The van der Waals surface area contributed by atoms with Crippen molar-refractivity contribution in [3.63, 3.8) is 0 Å².